The average molecular weight is 346 g/mol. The minimum atomic E-state index is -0.448. The van der Waals surface area contributed by atoms with Gasteiger partial charge in [0.05, 0.1) is 5.52 Å². The molecule has 0 saturated heterocycles. The van der Waals surface area contributed by atoms with Gasteiger partial charge in [0, 0.05) is 36.1 Å². The number of aryl methyl sites for hydroxylation is 1. The Bertz CT molecular complexity index is 1170. The first-order chi connectivity index (χ1) is 12.6. The number of nitrogens with zero attached hydrogens (tertiary/aromatic N) is 2. The molecule has 130 valence electrons. The third kappa shape index (κ3) is 2.75. The lowest BCUT2D eigenvalue weighted by Crippen LogP contribution is -2.33. The number of rotatable bonds is 4. The Hall–Kier alpha value is -3.41. The third-order valence-electron chi connectivity index (χ3n) is 4.53. The minimum absolute atomic E-state index is 0.0786. The molecular weight excluding hydrogens is 328 g/mol. The van der Waals surface area contributed by atoms with Crippen LogP contribution in [0.15, 0.2) is 59.5 Å². The summed E-state index contributed by atoms with van der Waals surface area (Å²) in [6.07, 6.45) is 2.62. The maximum absolute atomic E-state index is 12.5. The van der Waals surface area contributed by atoms with E-state index >= 15 is 0 Å². The van der Waals surface area contributed by atoms with E-state index in [0.29, 0.717) is 23.9 Å². The van der Waals surface area contributed by atoms with Gasteiger partial charge in [-0.25, -0.2) is 0 Å². The maximum Gasteiger partial charge on any atom is 0.275 e. The van der Waals surface area contributed by atoms with Crippen molar-refractivity contribution in [3.63, 3.8) is 0 Å². The molecule has 6 nitrogen and oxygen atoms in total. The van der Waals surface area contributed by atoms with Gasteiger partial charge in [-0.2, -0.15) is 5.10 Å². The van der Waals surface area contributed by atoms with Crippen molar-refractivity contribution in [2.45, 2.75) is 6.42 Å². The van der Waals surface area contributed by atoms with Crippen LogP contribution in [0, 0.1) is 0 Å². The summed E-state index contributed by atoms with van der Waals surface area (Å²) in [4.78, 5) is 28.2. The van der Waals surface area contributed by atoms with E-state index in [1.165, 1.54) is 0 Å². The highest BCUT2D eigenvalue weighted by Gasteiger charge is 2.16. The van der Waals surface area contributed by atoms with Crippen molar-refractivity contribution in [1.29, 1.82) is 0 Å². The number of carbonyl (C=O) groups excluding carboxylic acids is 1. The van der Waals surface area contributed by atoms with Crippen LogP contribution in [0.1, 0.15) is 16.1 Å². The molecule has 2 aromatic carbocycles. The molecule has 0 radical (unpaired) electrons. The molecule has 0 bridgehead atoms. The molecule has 0 fully saturated rings. The molecule has 2 heterocycles. The van der Waals surface area contributed by atoms with Crippen LogP contribution in [0.4, 0.5) is 0 Å². The Balaban J connectivity index is 1.53. The van der Waals surface area contributed by atoms with Gasteiger partial charge in [0.1, 0.15) is 0 Å². The number of hydrogen-bond donors (Lipinski definition) is 2. The number of H-pyrrole nitrogens is 1. The van der Waals surface area contributed by atoms with Crippen LogP contribution in [-0.4, -0.2) is 27.2 Å². The Morgan fingerprint density at radius 3 is 2.69 bits per heavy atom. The van der Waals surface area contributed by atoms with Crippen LogP contribution in [0.2, 0.25) is 0 Å². The fourth-order valence-corrected chi connectivity index (χ4v) is 3.21. The lowest BCUT2D eigenvalue weighted by atomic mass is 10.1. The van der Waals surface area contributed by atoms with Crippen molar-refractivity contribution < 1.29 is 4.79 Å². The second-order valence-electron chi connectivity index (χ2n) is 6.18. The van der Waals surface area contributed by atoms with E-state index in [2.05, 4.69) is 15.4 Å². The highest BCUT2D eigenvalue weighted by atomic mass is 16.2. The van der Waals surface area contributed by atoms with Gasteiger partial charge in [-0.05, 0) is 30.2 Å². The summed E-state index contributed by atoms with van der Waals surface area (Å²) in [6.45, 7) is 0.429. The molecular formula is C20H18N4O2. The predicted octanol–water partition coefficient (Wildman–Crippen LogP) is 2.39. The quantitative estimate of drug-likeness (QED) is 0.595. The monoisotopic (exact) mass is 346 g/mol. The topological polar surface area (TPSA) is 79.8 Å². The molecule has 1 amide bonds. The van der Waals surface area contributed by atoms with Gasteiger partial charge in [-0.3, -0.25) is 14.3 Å². The van der Waals surface area contributed by atoms with Crippen LogP contribution in [0.3, 0.4) is 0 Å². The number of aromatic nitrogens is 3. The molecule has 4 aromatic rings. The summed E-state index contributed by atoms with van der Waals surface area (Å²) in [5, 5.41) is 8.59. The van der Waals surface area contributed by atoms with E-state index in [1.54, 1.807) is 23.9 Å². The van der Waals surface area contributed by atoms with Gasteiger partial charge in [0.2, 0.25) is 5.43 Å². The highest BCUT2D eigenvalue weighted by molar-refractivity contribution is 5.95. The number of hydrogen-bond acceptors (Lipinski definition) is 3. The number of nitrogens with one attached hydrogen (secondary N) is 2. The van der Waals surface area contributed by atoms with Crippen LogP contribution in [0.25, 0.3) is 21.8 Å². The molecule has 2 aromatic heterocycles. The Morgan fingerprint density at radius 2 is 1.85 bits per heavy atom. The minimum Gasteiger partial charge on any atom is -0.361 e. The SMILES string of the molecule is Cn1nc(C(=O)NCCc2c[nH]c3ccccc23)c(=O)c2ccccc21. The molecule has 4 rings (SSSR count). The van der Waals surface area contributed by atoms with E-state index in [1.807, 2.05) is 42.6 Å². The van der Waals surface area contributed by atoms with Crippen LogP contribution < -0.4 is 10.7 Å². The second-order valence-corrected chi connectivity index (χ2v) is 6.18. The Morgan fingerprint density at radius 1 is 1.12 bits per heavy atom. The molecule has 0 spiro atoms. The number of para-hydroxylation sites is 2. The summed E-state index contributed by atoms with van der Waals surface area (Å²) in [5.41, 5.74) is 2.47. The van der Waals surface area contributed by atoms with Gasteiger partial charge in [-0.15, -0.1) is 0 Å². The molecule has 6 heteroatoms. The van der Waals surface area contributed by atoms with Crippen molar-refractivity contribution in [2.24, 2.45) is 7.05 Å². The van der Waals surface area contributed by atoms with Gasteiger partial charge < -0.3 is 10.3 Å². The smallest absolute Gasteiger partial charge is 0.275 e. The molecule has 26 heavy (non-hydrogen) atoms. The Labute approximate surface area is 149 Å². The number of benzene rings is 2. The molecule has 0 aliphatic heterocycles. The summed E-state index contributed by atoms with van der Waals surface area (Å²) >= 11 is 0. The zero-order valence-electron chi connectivity index (χ0n) is 14.3. The van der Waals surface area contributed by atoms with E-state index < -0.39 is 5.91 Å². The number of amides is 1. The van der Waals surface area contributed by atoms with Gasteiger partial charge in [0.25, 0.3) is 5.91 Å². The highest BCUT2D eigenvalue weighted by Crippen LogP contribution is 2.17. The van der Waals surface area contributed by atoms with Crippen molar-refractivity contribution in [1.82, 2.24) is 20.1 Å². The zero-order chi connectivity index (χ0) is 18.1. The zero-order valence-corrected chi connectivity index (χ0v) is 14.3. The van der Waals surface area contributed by atoms with Crippen molar-refractivity contribution in [3.05, 3.63) is 76.2 Å². The van der Waals surface area contributed by atoms with Gasteiger partial charge in [-0.1, -0.05) is 30.3 Å². The molecule has 0 unspecified atom stereocenters. The summed E-state index contributed by atoms with van der Waals surface area (Å²) in [5.74, 6) is -0.448. The van der Waals surface area contributed by atoms with E-state index in [4.69, 9.17) is 0 Å². The van der Waals surface area contributed by atoms with Gasteiger partial charge >= 0.3 is 0 Å². The van der Waals surface area contributed by atoms with Gasteiger partial charge in [0.15, 0.2) is 5.69 Å². The largest absolute Gasteiger partial charge is 0.361 e. The summed E-state index contributed by atoms with van der Waals surface area (Å²) in [6, 6.07) is 15.2. The lowest BCUT2D eigenvalue weighted by Gasteiger charge is -2.08. The molecule has 0 saturated carbocycles. The predicted molar refractivity (Wildman–Crippen MR) is 101 cm³/mol. The first-order valence-electron chi connectivity index (χ1n) is 8.44. The maximum atomic E-state index is 12.5. The van der Waals surface area contributed by atoms with Crippen LogP contribution in [0.5, 0.6) is 0 Å². The molecule has 0 aliphatic carbocycles. The number of carbonyl (C=O) groups is 1. The number of aromatic amines is 1. The van der Waals surface area contributed by atoms with Crippen molar-refractivity contribution in [3.8, 4) is 0 Å². The third-order valence-corrected chi connectivity index (χ3v) is 4.53. The molecule has 0 atom stereocenters. The Kier molecular flexibility index (Phi) is 4.01. The van der Waals surface area contributed by atoms with Crippen molar-refractivity contribution in [2.75, 3.05) is 6.54 Å². The second kappa shape index (κ2) is 6.48. The number of fused-ring (bicyclic) bond motifs is 2. The lowest BCUT2D eigenvalue weighted by molar-refractivity contribution is 0.0946. The standard InChI is InChI=1S/C20H18N4O2/c1-24-17-9-5-3-7-15(17)19(25)18(23-24)20(26)21-11-10-13-12-22-16-8-4-2-6-14(13)16/h2-9,12,22H,10-11H2,1H3,(H,21,26). The van der Waals surface area contributed by atoms with E-state index in [-0.39, 0.29) is 11.1 Å². The first kappa shape index (κ1) is 16.1. The summed E-state index contributed by atoms with van der Waals surface area (Å²) < 4.78 is 1.56. The first-order valence-corrected chi connectivity index (χ1v) is 8.44. The van der Waals surface area contributed by atoms with Crippen LogP contribution >= 0.6 is 0 Å². The van der Waals surface area contributed by atoms with E-state index in [9.17, 15) is 9.59 Å². The fourth-order valence-electron chi connectivity index (χ4n) is 3.21. The van der Waals surface area contributed by atoms with Crippen molar-refractivity contribution >= 4 is 27.7 Å². The normalized spacial score (nSPS) is 11.1. The van der Waals surface area contributed by atoms with Crippen LogP contribution in [-0.2, 0) is 13.5 Å². The van der Waals surface area contributed by atoms with E-state index in [0.717, 1.165) is 16.5 Å². The molecule has 0 aliphatic rings. The summed E-state index contributed by atoms with van der Waals surface area (Å²) in [7, 11) is 1.73. The fraction of sp³-hybridized carbons (Fsp3) is 0.150. The average Bonchev–Trinajstić information content (AvgIpc) is 3.08. The molecule has 2 N–H and O–H groups in total.